The summed E-state index contributed by atoms with van der Waals surface area (Å²) in [5.41, 5.74) is -1.26. The molecule has 0 spiro atoms. The molecular weight excluding hydrogens is 521 g/mol. The Balaban J connectivity index is 1.80. The number of benzene rings is 3. The Morgan fingerprint density at radius 3 is 2.08 bits per heavy atom. The molecule has 0 unspecified atom stereocenters. The molecule has 3 aromatic carbocycles. The highest BCUT2D eigenvalue weighted by molar-refractivity contribution is 7.91. The normalized spacial score (nSPS) is 12.2. The van der Waals surface area contributed by atoms with Crippen molar-refractivity contribution in [3.05, 3.63) is 83.9 Å². The van der Waals surface area contributed by atoms with Crippen molar-refractivity contribution in [1.29, 1.82) is 0 Å². The predicted molar refractivity (Wildman–Crippen MR) is 124 cm³/mol. The van der Waals surface area contributed by atoms with Gasteiger partial charge in [-0.1, -0.05) is 18.2 Å². The summed E-state index contributed by atoms with van der Waals surface area (Å²) < 4.78 is 98.8. The van der Waals surface area contributed by atoms with Crippen molar-refractivity contribution in [2.45, 2.75) is 20.9 Å². The summed E-state index contributed by atoms with van der Waals surface area (Å²) in [6.45, 7) is -0.690. The van der Waals surface area contributed by atoms with Crippen LogP contribution in [0.3, 0.4) is 0 Å². The number of hydrogen-bond donors (Lipinski definition) is 2. The Hall–Kier alpha value is -3.42. The van der Waals surface area contributed by atoms with Crippen LogP contribution in [0.4, 0.5) is 13.2 Å². The molecule has 0 atom stereocenters. The fraction of sp³-hybridized carbons (Fsp3) is 0.174. The summed E-state index contributed by atoms with van der Waals surface area (Å²) >= 11 is 0. The van der Waals surface area contributed by atoms with Gasteiger partial charge in [0, 0.05) is 18.7 Å². The smallest absolute Gasteiger partial charge is 0.417 e. The second kappa shape index (κ2) is 10.7. The molecule has 0 aliphatic heterocycles. The Morgan fingerprint density at radius 1 is 0.861 bits per heavy atom. The van der Waals surface area contributed by atoms with E-state index in [1.807, 2.05) is 4.72 Å². The van der Waals surface area contributed by atoms with Gasteiger partial charge in [0.2, 0.25) is 19.9 Å². The van der Waals surface area contributed by atoms with Crippen LogP contribution < -0.4 is 14.8 Å². The zero-order valence-corrected chi connectivity index (χ0v) is 20.4. The van der Waals surface area contributed by atoms with Crippen molar-refractivity contribution in [3.63, 3.8) is 0 Å². The second-order valence-corrected chi connectivity index (χ2v) is 11.0. The largest absolute Gasteiger partial charge is 0.497 e. The van der Waals surface area contributed by atoms with Gasteiger partial charge in [-0.2, -0.15) is 13.2 Å². The minimum absolute atomic E-state index is 0.206. The number of alkyl halides is 3. The van der Waals surface area contributed by atoms with Crippen molar-refractivity contribution < 1.29 is 39.5 Å². The Morgan fingerprint density at radius 2 is 1.50 bits per heavy atom. The van der Waals surface area contributed by atoms with Gasteiger partial charge >= 0.3 is 6.18 Å². The molecule has 0 aliphatic carbocycles. The van der Waals surface area contributed by atoms with Crippen LogP contribution in [0.25, 0.3) is 0 Å². The third-order valence-electron chi connectivity index (χ3n) is 4.97. The monoisotopic (exact) mass is 542 g/mol. The van der Waals surface area contributed by atoms with E-state index in [2.05, 4.69) is 5.32 Å². The van der Waals surface area contributed by atoms with Gasteiger partial charge in [0.15, 0.2) is 0 Å². The van der Waals surface area contributed by atoms with E-state index >= 15 is 0 Å². The number of methoxy groups -OCH3 is 1. The lowest BCUT2D eigenvalue weighted by atomic mass is 10.2. The summed E-state index contributed by atoms with van der Waals surface area (Å²) in [6.07, 6.45) is -5.07. The zero-order valence-electron chi connectivity index (χ0n) is 18.7. The fourth-order valence-electron chi connectivity index (χ4n) is 3.15. The van der Waals surface area contributed by atoms with Crippen molar-refractivity contribution in [2.24, 2.45) is 0 Å². The van der Waals surface area contributed by atoms with E-state index < -0.39 is 53.8 Å². The number of carbonyl (C=O) groups is 1. The lowest BCUT2D eigenvalue weighted by Crippen LogP contribution is -2.35. The lowest BCUT2D eigenvalue weighted by Gasteiger charge is -2.16. The van der Waals surface area contributed by atoms with E-state index in [1.165, 1.54) is 43.5 Å². The molecule has 0 radical (unpaired) electrons. The van der Waals surface area contributed by atoms with Crippen LogP contribution in [0.15, 0.2) is 87.5 Å². The van der Waals surface area contributed by atoms with E-state index in [0.717, 1.165) is 0 Å². The summed E-state index contributed by atoms with van der Waals surface area (Å²) in [5, 5.41) is 2.44. The quantitative estimate of drug-likeness (QED) is 0.401. The van der Waals surface area contributed by atoms with Gasteiger partial charge in [0.25, 0.3) is 5.91 Å². The van der Waals surface area contributed by atoms with E-state index in [4.69, 9.17) is 4.74 Å². The molecular formula is C23H21F3N2O6S2. The maximum atomic E-state index is 13.6. The van der Waals surface area contributed by atoms with Crippen LogP contribution in [0.2, 0.25) is 0 Å². The number of sulfonamides is 1. The average molecular weight is 543 g/mol. The maximum Gasteiger partial charge on any atom is 0.417 e. The van der Waals surface area contributed by atoms with Crippen LogP contribution in [0.5, 0.6) is 5.75 Å². The van der Waals surface area contributed by atoms with Crippen LogP contribution >= 0.6 is 0 Å². The Kier molecular flexibility index (Phi) is 8.06. The molecule has 2 N–H and O–H groups in total. The first kappa shape index (κ1) is 27.2. The number of amides is 1. The molecule has 0 bridgehead atoms. The number of halogens is 3. The van der Waals surface area contributed by atoms with Gasteiger partial charge in [0.1, 0.15) is 5.75 Å². The lowest BCUT2D eigenvalue weighted by molar-refractivity contribution is -0.139. The molecule has 3 aromatic rings. The molecule has 0 aromatic heterocycles. The van der Waals surface area contributed by atoms with Crippen molar-refractivity contribution in [2.75, 3.05) is 20.2 Å². The number of carbonyl (C=O) groups excluding carboxylic acids is 1. The van der Waals surface area contributed by atoms with Gasteiger partial charge in [-0.15, -0.1) is 0 Å². The van der Waals surface area contributed by atoms with Crippen LogP contribution in [-0.2, 0) is 26.0 Å². The van der Waals surface area contributed by atoms with Gasteiger partial charge in [-0.05, 0) is 54.6 Å². The number of ether oxygens (including phenoxy) is 1. The standard InChI is InChI=1S/C23H21F3N2O6S2/c1-34-17-9-7-16(8-10-17)22(29)27-13-14-28-36(32,33)21-15-19(11-12-20(21)23(24,25)26)35(30,31)18-5-3-2-4-6-18/h2-12,15,28H,13-14H2,1H3,(H,27,29). The molecule has 0 saturated carbocycles. The molecule has 8 nitrogen and oxygen atoms in total. The highest BCUT2D eigenvalue weighted by Crippen LogP contribution is 2.36. The van der Waals surface area contributed by atoms with Crippen LogP contribution in [0.1, 0.15) is 15.9 Å². The molecule has 0 fully saturated rings. The van der Waals surface area contributed by atoms with Crippen LogP contribution in [0, 0.1) is 0 Å². The first-order valence-corrected chi connectivity index (χ1v) is 13.3. The molecule has 3 rings (SSSR count). The van der Waals surface area contributed by atoms with Gasteiger partial charge in [-0.3, -0.25) is 4.79 Å². The predicted octanol–water partition coefficient (Wildman–Crippen LogP) is 3.26. The van der Waals surface area contributed by atoms with Gasteiger partial charge < -0.3 is 10.1 Å². The Labute approximate surface area is 206 Å². The average Bonchev–Trinajstić information content (AvgIpc) is 2.86. The minimum atomic E-state index is -5.07. The number of nitrogens with one attached hydrogen (secondary N) is 2. The van der Waals surface area contributed by atoms with E-state index in [-0.39, 0.29) is 17.0 Å². The topological polar surface area (TPSA) is 119 Å². The fourth-order valence-corrected chi connectivity index (χ4v) is 5.81. The van der Waals surface area contributed by atoms with E-state index in [0.29, 0.717) is 23.9 Å². The molecule has 13 heteroatoms. The number of rotatable bonds is 9. The van der Waals surface area contributed by atoms with E-state index in [9.17, 15) is 34.8 Å². The van der Waals surface area contributed by atoms with Crippen molar-refractivity contribution >= 4 is 25.8 Å². The molecule has 36 heavy (non-hydrogen) atoms. The van der Waals surface area contributed by atoms with Crippen LogP contribution in [-0.4, -0.2) is 42.9 Å². The Bertz CT molecular complexity index is 1440. The maximum absolute atomic E-state index is 13.6. The second-order valence-electron chi connectivity index (χ2n) is 7.35. The molecule has 0 heterocycles. The van der Waals surface area contributed by atoms with Crippen molar-refractivity contribution in [3.8, 4) is 5.75 Å². The number of sulfone groups is 1. The third kappa shape index (κ3) is 6.22. The number of hydrogen-bond acceptors (Lipinski definition) is 6. The highest BCUT2D eigenvalue weighted by Gasteiger charge is 2.38. The summed E-state index contributed by atoms with van der Waals surface area (Å²) in [5.74, 6) is -0.0138. The summed E-state index contributed by atoms with van der Waals surface area (Å²) in [7, 11) is -7.64. The minimum Gasteiger partial charge on any atom is -0.497 e. The molecule has 1 amide bonds. The van der Waals surface area contributed by atoms with Gasteiger partial charge in [0.05, 0.1) is 27.4 Å². The first-order valence-electron chi connectivity index (χ1n) is 10.3. The van der Waals surface area contributed by atoms with Gasteiger partial charge in [-0.25, -0.2) is 21.6 Å². The molecule has 0 aliphatic rings. The summed E-state index contributed by atoms with van der Waals surface area (Å²) in [4.78, 5) is 10.1. The molecule has 0 saturated heterocycles. The van der Waals surface area contributed by atoms with Crippen molar-refractivity contribution in [1.82, 2.24) is 10.0 Å². The zero-order chi connectivity index (χ0) is 26.6. The molecule has 192 valence electrons. The SMILES string of the molecule is COc1ccc(C(=O)NCCNS(=O)(=O)c2cc(S(=O)(=O)c3ccccc3)ccc2C(F)(F)F)cc1. The van der Waals surface area contributed by atoms with E-state index in [1.54, 1.807) is 18.2 Å². The summed E-state index contributed by atoms with van der Waals surface area (Å²) in [6, 6.07) is 14.5. The third-order valence-corrected chi connectivity index (χ3v) is 8.23. The first-order chi connectivity index (χ1) is 16.9. The highest BCUT2D eigenvalue weighted by atomic mass is 32.2.